The van der Waals surface area contributed by atoms with Gasteiger partial charge in [0.25, 0.3) is 5.56 Å². The Labute approximate surface area is 135 Å². The largest absolute Gasteiger partial charge is 0.361 e. The van der Waals surface area contributed by atoms with Gasteiger partial charge in [0.2, 0.25) is 0 Å². The maximum atomic E-state index is 12.8. The molecule has 7 nitrogen and oxygen atoms in total. The molecule has 3 aromatic heterocycles. The summed E-state index contributed by atoms with van der Waals surface area (Å²) in [6.45, 7) is 5.55. The number of nitrogens with zero attached hydrogens (tertiary/aromatic N) is 4. The second-order valence-electron chi connectivity index (χ2n) is 5.42. The summed E-state index contributed by atoms with van der Waals surface area (Å²) in [7, 11) is 1.62. The topological polar surface area (TPSA) is 82.9 Å². The predicted octanol–water partition coefficient (Wildman–Crippen LogP) is 1.63. The molecule has 0 unspecified atom stereocenters. The van der Waals surface area contributed by atoms with E-state index >= 15 is 0 Å². The van der Waals surface area contributed by atoms with E-state index in [1.54, 1.807) is 20.9 Å². The van der Waals surface area contributed by atoms with E-state index in [1.807, 2.05) is 12.3 Å². The number of rotatable bonds is 3. The van der Waals surface area contributed by atoms with Crippen LogP contribution in [0.15, 0.2) is 25.7 Å². The lowest BCUT2D eigenvalue weighted by molar-refractivity contribution is 0.391. The van der Waals surface area contributed by atoms with Crippen molar-refractivity contribution in [3.63, 3.8) is 0 Å². The van der Waals surface area contributed by atoms with Gasteiger partial charge < -0.3 is 9.09 Å². The molecule has 0 amide bonds. The standard InChI is InChI=1S/C15H16N4O3S/c1-8-7-23-13(16-8)12-5-18(4)15(21)19(14(12)20)6-11-9(2)17-22-10(11)3/h5,7H,6H2,1-4H3. The summed E-state index contributed by atoms with van der Waals surface area (Å²) in [5, 5.41) is 6.35. The summed E-state index contributed by atoms with van der Waals surface area (Å²) in [4.78, 5) is 29.5. The highest BCUT2D eigenvalue weighted by atomic mass is 32.1. The molecule has 0 aliphatic heterocycles. The molecule has 0 bridgehead atoms. The lowest BCUT2D eigenvalue weighted by Gasteiger charge is -2.09. The van der Waals surface area contributed by atoms with E-state index in [0.29, 0.717) is 22.0 Å². The van der Waals surface area contributed by atoms with Crippen molar-refractivity contribution >= 4 is 11.3 Å². The van der Waals surface area contributed by atoms with Crippen molar-refractivity contribution in [3.05, 3.63) is 55.1 Å². The van der Waals surface area contributed by atoms with Gasteiger partial charge >= 0.3 is 5.69 Å². The average Bonchev–Trinajstić information content (AvgIpc) is 3.07. The van der Waals surface area contributed by atoms with Gasteiger partial charge in [-0.05, 0) is 20.8 Å². The first-order chi connectivity index (χ1) is 10.9. The first kappa shape index (κ1) is 15.4. The van der Waals surface area contributed by atoms with E-state index in [0.717, 1.165) is 11.3 Å². The van der Waals surface area contributed by atoms with Crippen molar-refractivity contribution in [2.24, 2.45) is 7.05 Å². The van der Waals surface area contributed by atoms with Gasteiger partial charge in [-0.2, -0.15) is 0 Å². The van der Waals surface area contributed by atoms with Gasteiger partial charge in [-0.3, -0.25) is 9.36 Å². The highest BCUT2D eigenvalue weighted by molar-refractivity contribution is 7.13. The summed E-state index contributed by atoms with van der Waals surface area (Å²) in [6, 6.07) is 0. The van der Waals surface area contributed by atoms with Crippen molar-refractivity contribution in [3.8, 4) is 10.6 Å². The van der Waals surface area contributed by atoms with Crippen LogP contribution < -0.4 is 11.2 Å². The maximum Gasteiger partial charge on any atom is 0.331 e. The average molecular weight is 332 g/mol. The molecule has 3 heterocycles. The smallest absolute Gasteiger partial charge is 0.331 e. The number of hydrogen-bond acceptors (Lipinski definition) is 6. The lowest BCUT2D eigenvalue weighted by Crippen LogP contribution is -2.39. The van der Waals surface area contributed by atoms with Crippen molar-refractivity contribution in [2.75, 3.05) is 0 Å². The second-order valence-corrected chi connectivity index (χ2v) is 6.28. The van der Waals surface area contributed by atoms with Gasteiger partial charge in [0.15, 0.2) is 0 Å². The molecule has 0 N–H and O–H groups in total. The zero-order valence-corrected chi connectivity index (χ0v) is 14.1. The van der Waals surface area contributed by atoms with Gasteiger partial charge in [-0.1, -0.05) is 5.16 Å². The van der Waals surface area contributed by atoms with E-state index in [4.69, 9.17) is 4.52 Å². The van der Waals surface area contributed by atoms with Crippen LogP contribution in [0.4, 0.5) is 0 Å². The molecule has 3 aromatic rings. The molecule has 0 aromatic carbocycles. The molecule has 120 valence electrons. The van der Waals surface area contributed by atoms with E-state index in [9.17, 15) is 9.59 Å². The normalized spacial score (nSPS) is 11.1. The third-order valence-electron chi connectivity index (χ3n) is 3.68. The van der Waals surface area contributed by atoms with Crippen LogP contribution in [-0.4, -0.2) is 19.3 Å². The van der Waals surface area contributed by atoms with Crippen LogP contribution in [-0.2, 0) is 13.6 Å². The number of hydrogen-bond donors (Lipinski definition) is 0. The fourth-order valence-corrected chi connectivity index (χ4v) is 3.17. The Hall–Kier alpha value is -2.48. The molecule has 0 aliphatic rings. The Morgan fingerprint density at radius 1 is 1.26 bits per heavy atom. The Bertz CT molecular complexity index is 974. The molecule has 0 saturated carbocycles. The molecule has 0 aliphatic carbocycles. The van der Waals surface area contributed by atoms with Crippen LogP contribution in [0.5, 0.6) is 0 Å². The second kappa shape index (κ2) is 5.62. The number of aromatic nitrogens is 4. The minimum absolute atomic E-state index is 0.130. The number of aryl methyl sites for hydroxylation is 4. The SMILES string of the molecule is Cc1csc(-c2cn(C)c(=O)n(Cc3c(C)noc3C)c2=O)n1. The minimum Gasteiger partial charge on any atom is -0.361 e. The van der Waals surface area contributed by atoms with Gasteiger partial charge in [-0.15, -0.1) is 11.3 Å². The Balaban J connectivity index is 2.19. The molecule has 3 rings (SSSR count). The molecular formula is C15H16N4O3S. The van der Waals surface area contributed by atoms with Crippen molar-refractivity contribution in [1.82, 2.24) is 19.3 Å². The monoisotopic (exact) mass is 332 g/mol. The third kappa shape index (κ3) is 2.65. The van der Waals surface area contributed by atoms with Crippen LogP contribution in [0.2, 0.25) is 0 Å². The Morgan fingerprint density at radius 3 is 2.57 bits per heavy atom. The Kier molecular flexibility index (Phi) is 3.77. The van der Waals surface area contributed by atoms with Gasteiger partial charge in [0, 0.05) is 29.9 Å². The highest BCUT2D eigenvalue weighted by Crippen LogP contribution is 2.20. The van der Waals surface area contributed by atoms with E-state index < -0.39 is 0 Å². The van der Waals surface area contributed by atoms with Crippen LogP contribution >= 0.6 is 11.3 Å². The first-order valence-electron chi connectivity index (χ1n) is 7.03. The van der Waals surface area contributed by atoms with Crippen molar-refractivity contribution in [1.29, 1.82) is 0 Å². The van der Waals surface area contributed by atoms with Crippen molar-refractivity contribution < 1.29 is 4.52 Å². The molecule has 23 heavy (non-hydrogen) atoms. The fourth-order valence-electron chi connectivity index (χ4n) is 2.38. The summed E-state index contributed by atoms with van der Waals surface area (Å²) >= 11 is 1.38. The van der Waals surface area contributed by atoms with E-state index in [2.05, 4.69) is 10.1 Å². The number of thiazole rings is 1. The van der Waals surface area contributed by atoms with Crippen LogP contribution in [0.1, 0.15) is 22.7 Å². The van der Waals surface area contributed by atoms with Crippen molar-refractivity contribution in [2.45, 2.75) is 27.3 Å². The van der Waals surface area contributed by atoms with E-state index in [-0.39, 0.29) is 17.8 Å². The Morgan fingerprint density at radius 2 is 2.00 bits per heavy atom. The van der Waals surface area contributed by atoms with Gasteiger partial charge in [-0.25, -0.2) is 9.78 Å². The molecule has 0 fully saturated rings. The van der Waals surface area contributed by atoms with E-state index in [1.165, 1.54) is 26.7 Å². The third-order valence-corrected chi connectivity index (χ3v) is 4.67. The van der Waals surface area contributed by atoms with Gasteiger partial charge in [0.1, 0.15) is 10.8 Å². The van der Waals surface area contributed by atoms with Crippen LogP contribution in [0.25, 0.3) is 10.6 Å². The predicted molar refractivity (Wildman–Crippen MR) is 86.9 cm³/mol. The lowest BCUT2D eigenvalue weighted by atomic mass is 10.2. The zero-order valence-electron chi connectivity index (χ0n) is 13.3. The molecular weight excluding hydrogens is 316 g/mol. The molecule has 0 radical (unpaired) electrons. The molecule has 8 heteroatoms. The summed E-state index contributed by atoms with van der Waals surface area (Å²) in [5.74, 6) is 0.604. The van der Waals surface area contributed by atoms with Gasteiger partial charge in [0.05, 0.1) is 17.8 Å². The summed E-state index contributed by atoms with van der Waals surface area (Å²) in [6.07, 6.45) is 1.53. The summed E-state index contributed by atoms with van der Waals surface area (Å²) in [5.41, 5.74) is 1.94. The molecule has 0 saturated heterocycles. The fraction of sp³-hybridized carbons (Fsp3) is 0.333. The van der Waals surface area contributed by atoms with Crippen LogP contribution in [0.3, 0.4) is 0 Å². The molecule has 0 atom stereocenters. The first-order valence-corrected chi connectivity index (χ1v) is 7.91. The maximum absolute atomic E-state index is 12.8. The highest BCUT2D eigenvalue weighted by Gasteiger charge is 2.17. The minimum atomic E-state index is -0.382. The zero-order chi connectivity index (χ0) is 16.7. The quantitative estimate of drug-likeness (QED) is 0.728. The van der Waals surface area contributed by atoms with Crippen LogP contribution in [0, 0.1) is 20.8 Å². The molecule has 0 spiro atoms. The summed E-state index contributed by atoms with van der Waals surface area (Å²) < 4.78 is 7.70.